The number of hydrogen-bond acceptors (Lipinski definition) is 5. The number of para-hydroxylation sites is 3. The third-order valence-corrected chi connectivity index (χ3v) is 5.68. The van der Waals surface area contributed by atoms with E-state index in [1.807, 2.05) is 30.3 Å². The van der Waals surface area contributed by atoms with Crippen molar-refractivity contribution >= 4 is 29.1 Å². The molecule has 1 heterocycles. The summed E-state index contributed by atoms with van der Waals surface area (Å²) < 4.78 is 10.8. The van der Waals surface area contributed by atoms with E-state index >= 15 is 0 Å². The van der Waals surface area contributed by atoms with Gasteiger partial charge in [-0.25, -0.2) is 0 Å². The van der Waals surface area contributed by atoms with Crippen molar-refractivity contribution in [3.05, 3.63) is 83.9 Å². The molecule has 0 spiro atoms. The minimum Gasteiger partial charge on any atom is -0.497 e. The Labute approximate surface area is 203 Å². The van der Waals surface area contributed by atoms with Crippen molar-refractivity contribution in [2.24, 2.45) is 0 Å². The lowest BCUT2D eigenvalue weighted by Gasteiger charge is -2.32. The van der Waals surface area contributed by atoms with Gasteiger partial charge in [-0.05, 0) is 55.3 Å². The molecule has 0 bridgehead atoms. The average Bonchev–Trinajstić information content (AvgIpc) is 2.87. The number of methoxy groups -OCH3 is 1. The number of carbonyl (C=O) groups is 3. The van der Waals surface area contributed by atoms with Crippen molar-refractivity contribution in [3.63, 3.8) is 0 Å². The van der Waals surface area contributed by atoms with Crippen LogP contribution in [0.2, 0.25) is 0 Å². The monoisotopic (exact) mass is 473 g/mol. The quantitative estimate of drug-likeness (QED) is 0.523. The van der Waals surface area contributed by atoms with Gasteiger partial charge in [-0.2, -0.15) is 0 Å². The Balaban J connectivity index is 1.39. The van der Waals surface area contributed by atoms with E-state index in [-0.39, 0.29) is 18.4 Å². The zero-order valence-electron chi connectivity index (χ0n) is 19.6. The molecule has 3 amide bonds. The molecule has 0 aromatic heterocycles. The molecule has 0 aliphatic carbocycles. The summed E-state index contributed by atoms with van der Waals surface area (Å²) in [6, 6.07) is 21.5. The highest BCUT2D eigenvalue weighted by molar-refractivity contribution is 6.08. The van der Waals surface area contributed by atoms with Crippen LogP contribution in [0.25, 0.3) is 0 Å². The number of anilines is 2. The summed E-state index contributed by atoms with van der Waals surface area (Å²) in [6.07, 6.45) is -0.0393. The van der Waals surface area contributed by atoms with Crippen LogP contribution in [0.4, 0.5) is 11.4 Å². The van der Waals surface area contributed by atoms with Crippen LogP contribution >= 0.6 is 0 Å². The Morgan fingerprint density at radius 2 is 1.71 bits per heavy atom. The Bertz CT molecular complexity index is 1230. The number of hydrogen-bond donors (Lipinski definition) is 2. The summed E-state index contributed by atoms with van der Waals surface area (Å²) in [7, 11) is 1.61. The van der Waals surface area contributed by atoms with E-state index in [1.54, 1.807) is 56.5 Å². The number of benzene rings is 3. The van der Waals surface area contributed by atoms with E-state index in [1.165, 1.54) is 4.90 Å². The molecule has 2 N–H and O–H groups in total. The zero-order valence-corrected chi connectivity index (χ0v) is 19.6. The maximum absolute atomic E-state index is 12.9. The molecule has 0 saturated carbocycles. The first kappa shape index (κ1) is 23.8. The molecule has 4 rings (SSSR count). The Morgan fingerprint density at radius 3 is 2.49 bits per heavy atom. The van der Waals surface area contributed by atoms with Gasteiger partial charge < -0.3 is 20.1 Å². The third-order valence-electron chi connectivity index (χ3n) is 5.68. The summed E-state index contributed by atoms with van der Waals surface area (Å²) in [5, 5.41) is 5.67. The van der Waals surface area contributed by atoms with Gasteiger partial charge in [-0.15, -0.1) is 0 Å². The van der Waals surface area contributed by atoms with Crippen LogP contribution in [0, 0.1) is 0 Å². The highest BCUT2D eigenvalue weighted by Gasteiger charge is 2.32. The van der Waals surface area contributed by atoms with Crippen LogP contribution in [0.3, 0.4) is 0 Å². The zero-order chi connectivity index (χ0) is 24.8. The lowest BCUT2D eigenvalue weighted by molar-refractivity contribution is -0.127. The maximum atomic E-state index is 12.9. The number of nitrogens with zero attached hydrogens (tertiary/aromatic N) is 1. The Kier molecular flexibility index (Phi) is 7.30. The first-order valence-electron chi connectivity index (χ1n) is 11.3. The first-order chi connectivity index (χ1) is 17.0. The van der Waals surface area contributed by atoms with Gasteiger partial charge in [0.1, 0.15) is 18.0 Å². The van der Waals surface area contributed by atoms with Crippen LogP contribution in [-0.2, 0) is 16.0 Å². The average molecular weight is 474 g/mol. The van der Waals surface area contributed by atoms with Gasteiger partial charge in [0.25, 0.3) is 11.8 Å². The van der Waals surface area contributed by atoms with Crippen LogP contribution in [0.15, 0.2) is 72.8 Å². The van der Waals surface area contributed by atoms with Gasteiger partial charge in [-0.3, -0.25) is 19.3 Å². The molecule has 1 atom stereocenters. The predicted molar refractivity (Wildman–Crippen MR) is 133 cm³/mol. The second-order valence-corrected chi connectivity index (χ2v) is 8.10. The van der Waals surface area contributed by atoms with Gasteiger partial charge in [-0.1, -0.05) is 36.4 Å². The number of amides is 3. The van der Waals surface area contributed by atoms with Crippen molar-refractivity contribution in [1.29, 1.82) is 0 Å². The summed E-state index contributed by atoms with van der Waals surface area (Å²) in [5.41, 5.74) is 2.33. The summed E-state index contributed by atoms with van der Waals surface area (Å²) in [6.45, 7) is 1.89. The summed E-state index contributed by atoms with van der Waals surface area (Å²) in [5.74, 6) is 0.309. The van der Waals surface area contributed by atoms with Crippen molar-refractivity contribution in [2.45, 2.75) is 19.4 Å². The number of rotatable bonds is 8. The Hall–Kier alpha value is -4.33. The van der Waals surface area contributed by atoms with E-state index in [2.05, 4.69) is 10.6 Å². The van der Waals surface area contributed by atoms with Crippen molar-refractivity contribution in [3.8, 4) is 11.5 Å². The lowest BCUT2D eigenvalue weighted by atomic mass is 10.1. The van der Waals surface area contributed by atoms with E-state index in [0.29, 0.717) is 35.7 Å². The second kappa shape index (κ2) is 10.7. The molecule has 35 heavy (non-hydrogen) atoms. The molecule has 1 unspecified atom stereocenters. The van der Waals surface area contributed by atoms with Crippen molar-refractivity contribution in [1.82, 2.24) is 5.32 Å². The van der Waals surface area contributed by atoms with Gasteiger partial charge in [0.05, 0.1) is 24.0 Å². The molecule has 1 aliphatic heterocycles. The van der Waals surface area contributed by atoms with Crippen LogP contribution in [-0.4, -0.2) is 44.0 Å². The van der Waals surface area contributed by atoms with Crippen LogP contribution in [0.1, 0.15) is 22.8 Å². The van der Waals surface area contributed by atoms with Crippen LogP contribution in [0.5, 0.6) is 11.5 Å². The third kappa shape index (κ3) is 5.60. The lowest BCUT2D eigenvalue weighted by Crippen LogP contribution is -2.47. The van der Waals surface area contributed by atoms with Gasteiger partial charge in [0.2, 0.25) is 5.91 Å². The fourth-order valence-electron chi connectivity index (χ4n) is 3.85. The second-order valence-electron chi connectivity index (χ2n) is 8.10. The summed E-state index contributed by atoms with van der Waals surface area (Å²) in [4.78, 5) is 39.8. The van der Waals surface area contributed by atoms with Gasteiger partial charge >= 0.3 is 0 Å². The molecule has 0 fully saturated rings. The minimum absolute atomic E-state index is 0.197. The Morgan fingerprint density at radius 1 is 1.00 bits per heavy atom. The van der Waals surface area contributed by atoms with Gasteiger partial charge in [0, 0.05) is 6.54 Å². The number of fused-ring (bicyclic) bond motifs is 1. The first-order valence-corrected chi connectivity index (χ1v) is 11.3. The van der Waals surface area contributed by atoms with E-state index in [9.17, 15) is 14.4 Å². The molecule has 3 aromatic carbocycles. The molecule has 0 radical (unpaired) electrons. The molecule has 180 valence electrons. The molecule has 8 nitrogen and oxygen atoms in total. The van der Waals surface area contributed by atoms with E-state index < -0.39 is 12.0 Å². The van der Waals surface area contributed by atoms with Crippen molar-refractivity contribution < 1.29 is 23.9 Å². The highest BCUT2D eigenvalue weighted by atomic mass is 16.5. The topological polar surface area (TPSA) is 97.0 Å². The molecular formula is C27H27N3O5. The number of ether oxygens (including phenoxy) is 2. The molecular weight excluding hydrogens is 446 g/mol. The maximum Gasteiger partial charge on any atom is 0.268 e. The standard InChI is InChI=1S/C27H27N3O5/c1-18-27(33)30(23-9-5-6-10-24(23)35-18)17-25(31)29-22-8-4-3-7-21(22)26(32)28-16-15-19-11-13-20(34-2)14-12-19/h3-14,18H,15-17H2,1-2H3,(H,28,32)(H,29,31). The fraction of sp³-hybridized carbons (Fsp3) is 0.222. The minimum atomic E-state index is -0.693. The van der Waals surface area contributed by atoms with Crippen molar-refractivity contribution in [2.75, 3.05) is 30.4 Å². The summed E-state index contributed by atoms with van der Waals surface area (Å²) >= 11 is 0. The van der Waals surface area contributed by atoms with E-state index in [0.717, 1.165) is 11.3 Å². The fourth-order valence-corrected chi connectivity index (χ4v) is 3.85. The predicted octanol–water partition coefficient (Wildman–Crippen LogP) is 3.42. The number of nitrogens with one attached hydrogen (secondary N) is 2. The van der Waals surface area contributed by atoms with E-state index in [4.69, 9.17) is 9.47 Å². The molecule has 8 heteroatoms. The largest absolute Gasteiger partial charge is 0.497 e. The molecule has 0 saturated heterocycles. The molecule has 1 aliphatic rings. The molecule has 3 aromatic rings. The van der Waals surface area contributed by atoms with Crippen LogP contribution < -0.4 is 25.0 Å². The SMILES string of the molecule is COc1ccc(CCNC(=O)c2ccccc2NC(=O)CN2C(=O)C(C)Oc3ccccc32)cc1. The number of carbonyl (C=O) groups excluding carboxylic acids is 3. The normalized spacial score (nSPS) is 14.5. The van der Waals surface area contributed by atoms with Gasteiger partial charge in [0.15, 0.2) is 6.10 Å². The smallest absolute Gasteiger partial charge is 0.268 e. The highest BCUT2D eigenvalue weighted by Crippen LogP contribution is 2.33.